The van der Waals surface area contributed by atoms with Gasteiger partial charge in [-0.1, -0.05) is 0 Å². The highest BCUT2D eigenvalue weighted by atomic mass is 32.1. The summed E-state index contributed by atoms with van der Waals surface area (Å²) in [5, 5.41) is 27.3. The van der Waals surface area contributed by atoms with Crippen LogP contribution in [0.25, 0.3) is 20.8 Å². The third-order valence-electron chi connectivity index (χ3n) is 5.78. The first-order chi connectivity index (χ1) is 16.0. The molecule has 4 aromatic heterocycles. The predicted molar refractivity (Wildman–Crippen MR) is 129 cm³/mol. The first-order valence-corrected chi connectivity index (χ1v) is 11.7. The number of rotatable bonds is 6. The molecule has 4 heterocycles. The van der Waals surface area contributed by atoms with Crippen LogP contribution in [0, 0.1) is 19.8 Å². The number of aliphatic hydroxyl groups is 2. The normalized spacial score (nSPS) is 20.3. The molecule has 1 saturated carbocycles. The maximum Gasteiger partial charge on any atom is 0.229 e. The third-order valence-corrected chi connectivity index (χ3v) is 6.85. The lowest BCUT2D eigenvalue weighted by atomic mass is 10.1. The van der Waals surface area contributed by atoms with Crippen LogP contribution in [-0.4, -0.2) is 53.9 Å². The summed E-state index contributed by atoms with van der Waals surface area (Å²) >= 11 is 1.55. The predicted octanol–water partition coefficient (Wildman–Crippen LogP) is 3.45. The standard InChI is InChI=1S/C23H25N7O2S/c1-12-5-15(6-13(2)26-12)28-23-25-9-17(22-29-18-10-24-4-3-20(18)33-22)21(30-23)27-16-7-14(11-31)19(32)8-16/h3-6,9-10,14,16,19,31-32H,7-8,11H2,1-2H3,(H2,25,26,27,28,30). The quantitative estimate of drug-likeness (QED) is 0.340. The SMILES string of the molecule is Cc1cc(Nc2ncc(-c3nc4cnccc4s3)c(NC3CC(O)C(CO)C3)n2)cc(C)n1. The summed E-state index contributed by atoms with van der Waals surface area (Å²) < 4.78 is 1.03. The molecule has 10 heteroatoms. The van der Waals surface area contributed by atoms with E-state index in [0.29, 0.717) is 24.6 Å². The minimum absolute atomic E-state index is 0.0138. The first-order valence-electron chi connectivity index (χ1n) is 10.8. The molecule has 4 N–H and O–H groups in total. The van der Waals surface area contributed by atoms with Crippen molar-refractivity contribution < 1.29 is 10.2 Å². The van der Waals surface area contributed by atoms with Crippen molar-refractivity contribution in [2.75, 3.05) is 17.2 Å². The van der Waals surface area contributed by atoms with Gasteiger partial charge in [-0.3, -0.25) is 9.97 Å². The van der Waals surface area contributed by atoms with E-state index in [1.165, 1.54) is 0 Å². The summed E-state index contributed by atoms with van der Waals surface area (Å²) in [4.78, 5) is 22.6. The Morgan fingerprint density at radius 3 is 2.64 bits per heavy atom. The zero-order valence-corrected chi connectivity index (χ0v) is 19.2. The number of aromatic nitrogens is 5. The monoisotopic (exact) mass is 463 g/mol. The summed E-state index contributed by atoms with van der Waals surface area (Å²) in [6.45, 7) is 3.86. The zero-order chi connectivity index (χ0) is 22.9. The Bertz CT molecular complexity index is 1240. The molecule has 9 nitrogen and oxygen atoms in total. The molecule has 0 radical (unpaired) electrons. The van der Waals surface area contributed by atoms with E-state index in [1.54, 1.807) is 29.9 Å². The summed E-state index contributed by atoms with van der Waals surface area (Å²) in [6, 6.07) is 5.81. The Morgan fingerprint density at radius 1 is 1.09 bits per heavy atom. The number of nitrogens with one attached hydrogen (secondary N) is 2. The average molecular weight is 464 g/mol. The molecule has 0 saturated heterocycles. The number of hydrogen-bond acceptors (Lipinski definition) is 10. The van der Waals surface area contributed by atoms with Crippen LogP contribution in [0.3, 0.4) is 0 Å². The van der Waals surface area contributed by atoms with Gasteiger partial charge in [-0.15, -0.1) is 11.3 Å². The highest BCUT2D eigenvalue weighted by molar-refractivity contribution is 7.21. The Balaban J connectivity index is 1.50. The molecule has 170 valence electrons. The van der Waals surface area contributed by atoms with Crippen LogP contribution in [0.4, 0.5) is 17.5 Å². The van der Waals surface area contributed by atoms with Gasteiger partial charge in [-0.2, -0.15) is 4.98 Å². The Morgan fingerprint density at radius 2 is 1.91 bits per heavy atom. The van der Waals surface area contributed by atoms with E-state index in [-0.39, 0.29) is 18.6 Å². The van der Waals surface area contributed by atoms with Crippen LogP contribution >= 0.6 is 11.3 Å². The molecule has 1 aliphatic rings. The van der Waals surface area contributed by atoms with Gasteiger partial charge in [0.15, 0.2) is 0 Å². The van der Waals surface area contributed by atoms with Crippen molar-refractivity contribution in [2.45, 2.75) is 38.8 Å². The smallest absolute Gasteiger partial charge is 0.229 e. The van der Waals surface area contributed by atoms with Crippen molar-refractivity contribution in [1.29, 1.82) is 0 Å². The third kappa shape index (κ3) is 4.63. The average Bonchev–Trinajstić information content (AvgIpc) is 3.36. The van der Waals surface area contributed by atoms with Crippen molar-refractivity contribution in [1.82, 2.24) is 24.9 Å². The molecule has 0 aliphatic heterocycles. The second kappa shape index (κ2) is 8.97. The molecule has 4 aromatic rings. The first kappa shape index (κ1) is 21.6. The molecule has 0 aromatic carbocycles. The number of fused-ring (bicyclic) bond motifs is 1. The van der Waals surface area contributed by atoms with Gasteiger partial charge in [-0.05, 0) is 44.9 Å². The molecule has 5 rings (SSSR count). The minimum Gasteiger partial charge on any atom is -0.396 e. The fourth-order valence-corrected chi connectivity index (χ4v) is 5.19. The molecule has 0 bridgehead atoms. The number of anilines is 3. The molecular weight excluding hydrogens is 438 g/mol. The van der Waals surface area contributed by atoms with Gasteiger partial charge in [0.25, 0.3) is 0 Å². The molecule has 3 unspecified atom stereocenters. The maximum atomic E-state index is 10.3. The number of hydrogen-bond donors (Lipinski definition) is 4. The lowest BCUT2D eigenvalue weighted by Gasteiger charge is -2.17. The van der Waals surface area contributed by atoms with E-state index in [4.69, 9.17) is 9.97 Å². The Labute approximate surface area is 195 Å². The van der Waals surface area contributed by atoms with Crippen LogP contribution in [0.2, 0.25) is 0 Å². The van der Waals surface area contributed by atoms with Crippen LogP contribution in [0.1, 0.15) is 24.2 Å². The van der Waals surface area contributed by atoms with Crippen molar-refractivity contribution >= 4 is 39.0 Å². The van der Waals surface area contributed by atoms with E-state index < -0.39 is 6.10 Å². The number of nitrogens with zero attached hydrogens (tertiary/aromatic N) is 5. The van der Waals surface area contributed by atoms with E-state index in [9.17, 15) is 10.2 Å². The largest absolute Gasteiger partial charge is 0.396 e. The minimum atomic E-state index is -0.535. The maximum absolute atomic E-state index is 10.3. The highest BCUT2D eigenvalue weighted by Crippen LogP contribution is 2.36. The van der Waals surface area contributed by atoms with Gasteiger partial charge in [-0.25, -0.2) is 9.97 Å². The molecule has 1 fully saturated rings. The molecular formula is C23H25N7O2S. The number of thiazole rings is 1. The van der Waals surface area contributed by atoms with Crippen molar-refractivity contribution in [3.05, 3.63) is 48.2 Å². The summed E-state index contributed by atoms with van der Waals surface area (Å²) in [5.74, 6) is 0.950. The fourth-order valence-electron chi connectivity index (χ4n) is 4.25. The molecule has 33 heavy (non-hydrogen) atoms. The van der Waals surface area contributed by atoms with Gasteiger partial charge >= 0.3 is 0 Å². The van der Waals surface area contributed by atoms with E-state index >= 15 is 0 Å². The molecule has 3 atom stereocenters. The van der Waals surface area contributed by atoms with Crippen LogP contribution in [0.15, 0.2) is 36.8 Å². The summed E-state index contributed by atoms with van der Waals surface area (Å²) in [7, 11) is 0. The second-order valence-electron chi connectivity index (χ2n) is 8.40. The van der Waals surface area contributed by atoms with Gasteiger partial charge in [0.05, 0.1) is 22.6 Å². The lowest BCUT2D eigenvalue weighted by molar-refractivity contribution is 0.0908. The van der Waals surface area contributed by atoms with E-state index in [0.717, 1.165) is 37.9 Å². The molecule has 0 amide bonds. The van der Waals surface area contributed by atoms with Gasteiger partial charge in [0.1, 0.15) is 16.3 Å². The topological polar surface area (TPSA) is 129 Å². The molecule has 1 aliphatic carbocycles. The Hall–Kier alpha value is -3.21. The summed E-state index contributed by atoms with van der Waals surface area (Å²) in [5.41, 5.74) is 4.29. The second-order valence-corrected chi connectivity index (χ2v) is 9.44. The fraction of sp³-hybridized carbons (Fsp3) is 0.348. The Kier molecular flexibility index (Phi) is 5.88. The van der Waals surface area contributed by atoms with E-state index in [1.807, 2.05) is 32.0 Å². The lowest BCUT2D eigenvalue weighted by Crippen LogP contribution is -2.18. The zero-order valence-electron chi connectivity index (χ0n) is 18.4. The highest BCUT2D eigenvalue weighted by Gasteiger charge is 2.33. The van der Waals surface area contributed by atoms with Crippen LogP contribution in [-0.2, 0) is 0 Å². The number of pyridine rings is 2. The van der Waals surface area contributed by atoms with E-state index in [2.05, 4.69) is 25.6 Å². The van der Waals surface area contributed by atoms with Crippen LogP contribution in [0.5, 0.6) is 0 Å². The van der Waals surface area contributed by atoms with Crippen LogP contribution < -0.4 is 10.6 Å². The molecule has 0 spiro atoms. The van der Waals surface area contributed by atoms with Crippen molar-refractivity contribution in [3.8, 4) is 10.6 Å². The van der Waals surface area contributed by atoms with Gasteiger partial charge < -0.3 is 20.8 Å². The summed E-state index contributed by atoms with van der Waals surface area (Å²) in [6.07, 6.45) is 5.93. The van der Waals surface area contributed by atoms with Crippen molar-refractivity contribution in [3.63, 3.8) is 0 Å². The number of aliphatic hydroxyl groups excluding tert-OH is 2. The van der Waals surface area contributed by atoms with Gasteiger partial charge in [0, 0.05) is 48.0 Å². The van der Waals surface area contributed by atoms with Gasteiger partial charge in [0.2, 0.25) is 5.95 Å². The number of aryl methyl sites for hydroxylation is 2. The van der Waals surface area contributed by atoms with Crippen molar-refractivity contribution in [2.24, 2.45) is 5.92 Å².